The van der Waals surface area contributed by atoms with Gasteiger partial charge in [-0.3, -0.25) is 23.5 Å². The number of hydrogen-bond acceptors (Lipinski definition) is 4. The maximum atomic E-state index is 13.0. The van der Waals surface area contributed by atoms with Crippen LogP contribution >= 0.6 is 0 Å². The lowest BCUT2D eigenvalue weighted by Gasteiger charge is -2.31. The van der Waals surface area contributed by atoms with Gasteiger partial charge in [-0.05, 0) is 37.6 Å². The molecular weight excluding hydrogens is 416 g/mol. The Bertz CT molecular complexity index is 1210. The smallest absolute Gasteiger partial charge is 0.317 e. The molecule has 174 valence electrons. The summed E-state index contributed by atoms with van der Waals surface area (Å²) in [7, 11) is 2.10. The molecule has 33 heavy (non-hydrogen) atoms. The molecule has 0 saturated heterocycles. The molecule has 7 nitrogen and oxygen atoms in total. The van der Waals surface area contributed by atoms with Gasteiger partial charge in [0.1, 0.15) is 6.54 Å². The Balaban J connectivity index is 1.49. The van der Waals surface area contributed by atoms with Crippen molar-refractivity contribution in [2.45, 2.75) is 51.2 Å². The van der Waals surface area contributed by atoms with E-state index in [1.54, 1.807) is 6.07 Å². The number of carbonyl (C=O) groups excluding carboxylic acids is 1. The number of nitrogens with one attached hydrogen (secondary N) is 1. The molecule has 1 N–H and O–H groups in total. The van der Waals surface area contributed by atoms with Crippen molar-refractivity contribution in [3.63, 3.8) is 0 Å². The highest BCUT2D eigenvalue weighted by molar-refractivity contribution is 5.80. The maximum absolute atomic E-state index is 13.0. The van der Waals surface area contributed by atoms with E-state index in [0.29, 0.717) is 30.2 Å². The van der Waals surface area contributed by atoms with Crippen LogP contribution in [0.15, 0.2) is 64.2 Å². The third kappa shape index (κ3) is 5.42. The molecule has 7 heteroatoms. The van der Waals surface area contributed by atoms with Crippen LogP contribution in [0.25, 0.3) is 11.0 Å². The van der Waals surface area contributed by atoms with Crippen molar-refractivity contribution in [2.24, 2.45) is 0 Å². The van der Waals surface area contributed by atoms with Gasteiger partial charge in [-0.15, -0.1) is 0 Å². The summed E-state index contributed by atoms with van der Waals surface area (Å²) in [5.74, 6) is -0.264. The fourth-order valence-corrected chi connectivity index (χ4v) is 4.73. The van der Waals surface area contributed by atoms with E-state index in [1.165, 1.54) is 41.2 Å². The first-order valence-electron chi connectivity index (χ1n) is 11.8. The Kier molecular flexibility index (Phi) is 7.40. The third-order valence-electron chi connectivity index (χ3n) is 6.61. The van der Waals surface area contributed by atoms with Gasteiger partial charge in [0.15, 0.2) is 0 Å². The van der Waals surface area contributed by atoms with Crippen LogP contribution in [0.3, 0.4) is 0 Å². The molecule has 0 spiro atoms. The summed E-state index contributed by atoms with van der Waals surface area (Å²) in [6, 6.07) is 17.4. The van der Waals surface area contributed by atoms with E-state index < -0.39 is 11.1 Å². The first-order chi connectivity index (χ1) is 16.0. The zero-order valence-corrected chi connectivity index (χ0v) is 19.2. The summed E-state index contributed by atoms with van der Waals surface area (Å²) in [5.41, 5.74) is 0.839. The van der Waals surface area contributed by atoms with E-state index in [2.05, 4.69) is 17.3 Å². The van der Waals surface area contributed by atoms with Crippen molar-refractivity contribution in [1.82, 2.24) is 19.4 Å². The number of amides is 1. The summed E-state index contributed by atoms with van der Waals surface area (Å²) < 4.78 is 2.78. The molecule has 0 radical (unpaired) electrons. The molecule has 0 unspecified atom stereocenters. The normalized spacial score (nSPS) is 14.6. The summed E-state index contributed by atoms with van der Waals surface area (Å²) >= 11 is 0. The van der Waals surface area contributed by atoms with Gasteiger partial charge >= 0.3 is 11.1 Å². The summed E-state index contributed by atoms with van der Waals surface area (Å²) in [6.45, 7) is 1.41. The average molecular weight is 449 g/mol. The molecule has 2 aromatic carbocycles. The van der Waals surface area contributed by atoms with Gasteiger partial charge in [0.25, 0.3) is 0 Å². The van der Waals surface area contributed by atoms with Crippen molar-refractivity contribution in [2.75, 3.05) is 20.1 Å². The molecule has 1 fully saturated rings. The quantitative estimate of drug-likeness (QED) is 0.538. The van der Waals surface area contributed by atoms with E-state index >= 15 is 0 Å². The number of aromatic nitrogens is 2. The van der Waals surface area contributed by atoms with Crippen LogP contribution in [0.1, 0.15) is 37.7 Å². The number of rotatable bonds is 8. The predicted octanol–water partition coefficient (Wildman–Crippen LogP) is 2.59. The second-order valence-electron chi connectivity index (χ2n) is 8.88. The number of fused-ring (bicyclic) bond motifs is 1. The fraction of sp³-hybridized carbons (Fsp3) is 0.423. The topological polar surface area (TPSA) is 76.3 Å². The SMILES string of the molecule is CN(CCNC(=O)Cn1c(=O)c(=O)n(Cc2ccccc2)c2ccccc21)C1CCCCC1. The first-order valence-corrected chi connectivity index (χ1v) is 11.8. The van der Waals surface area contributed by atoms with Gasteiger partial charge in [-0.25, -0.2) is 0 Å². The van der Waals surface area contributed by atoms with Crippen molar-refractivity contribution in [1.29, 1.82) is 0 Å². The number of hydrogen-bond donors (Lipinski definition) is 1. The zero-order valence-electron chi connectivity index (χ0n) is 19.2. The maximum Gasteiger partial charge on any atom is 0.317 e. The Labute approximate surface area is 193 Å². The molecule has 1 aliphatic carbocycles. The third-order valence-corrected chi connectivity index (χ3v) is 6.61. The van der Waals surface area contributed by atoms with E-state index in [9.17, 15) is 14.4 Å². The lowest BCUT2D eigenvalue weighted by atomic mass is 9.94. The second kappa shape index (κ2) is 10.6. The van der Waals surface area contributed by atoms with Crippen LogP contribution in [-0.4, -0.2) is 46.1 Å². The van der Waals surface area contributed by atoms with Crippen LogP contribution in [0.5, 0.6) is 0 Å². The first kappa shape index (κ1) is 23.0. The van der Waals surface area contributed by atoms with Gasteiger partial charge in [0.2, 0.25) is 5.91 Å². The van der Waals surface area contributed by atoms with E-state index in [4.69, 9.17) is 0 Å². The van der Waals surface area contributed by atoms with Gasteiger partial charge < -0.3 is 10.2 Å². The highest BCUT2D eigenvalue weighted by Gasteiger charge is 2.18. The number of para-hydroxylation sites is 2. The van der Waals surface area contributed by atoms with Crippen LogP contribution in [-0.2, 0) is 17.9 Å². The second-order valence-corrected chi connectivity index (χ2v) is 8.88. The highest BCUT2D eigenvalue weighted by atomic mass is 16.2. The molecule has 0 aliphatic heterocycles. The molecule has 0 bridgehead atoms. The Morgan fingerprint density at radius 3 is 2.21 bits per heavy atom. The lowest BCUT2D eigenvalue weighted by Crippen LogP contribution is -2.45. The minimum atomic E-state index is -0.681. The van der Waals surface area contributed by atoms with Crippen LogP contribution in [0.4, 0.5) is 0 Å². The van der Waals surface area contributed by atoms with E-state index in [-0.39, 0.29) is 12.5 Å². The van der Waals surface area contributed by atoms with Crippen molar-refractivity contribution in [3.8, 4) is 0 Å². The summed E-state index contributed by atoms with van der Waals surface area (Å²) in [5, 5.41) is 2.92. The zero-order chi connectivity index (χ0) is 23.2. The van der Waals surface area contributed by atoms with Crippen molar-refractivity contribution < 1.29 is 4.79 Å². The minimum Gasteiger partial charge on any atom is -0.353 e. The lowest BCUT2D eigenvalue weighted by molar-refractivity contribution is -0.121. The van der Waals surface area contributed by atoms with E-state index in [0.717, 1.165) is 12.1 Å². The van der Waals surface area contributed by atoms with Gasteiger partial charge in [0.05, 0.1) is 17.6 Å². The fourth-order valence-electron chi connectivity index (χ4n) is 4.73. The molecule has 1 saturated carbocycles. The summed E-state index contributed by atoms with van der Waals surface area (Å²) in [4.78, 5) is 40.9. The monoisotopic (exact) mass is 448 g/mol. The standard InChI is InChI=1S/C26H32N4O3/c1-28(21-12-6-3-7-13-21)17-16-27-24(31)19-30-23-15-9-8-14-22(23)29(25(32)26(30)33)18-20-10-4-2-5-11-20/h2,4-5,8-11,14-15,21H,3,6-7,12-13,16-19H2,1H3,(H,27,31). The molecule has 1 aliphatic rings. The molecule has 4 rings (SSSR count). The Morgan fingerprint density at radius 1 is 0.909 bits per heavy atom. The molecule has 3 aromatic rings. The minimum absolute atomic E-state index is 0.173. The van der Waals surface area contributed by atoms with Crippen LogP contribution in [0.2, 0.25) is 0 Å². The number of carbonyl (C=O) groups is 1. The number of benzene rings is 2. The van der Waals surface area contributed by atoms with Crippen molar-refractivity contribution >= 4 is 16.9 Å². The van der Waals surface area contributed by atoms with Crippen LogP contribution < -0.4 is 16.4 Å². The van der Waals surface area contributed by atoms with Gasteiger partial charge in [0, 0.05) is 19.1 Å². The average Bonchev–Trinajstić information content (AvgIpc) is 2.85. The summed E-state index contributed by atoms with van der Waals surface area (Å²) in [6.07, 6.45) is 6.28. The molecule has 1 aromatic heterocycles. The predicted molar refractivity (Wildman–Crippen MR) is 131 cm³/mol. The van der Waals surface area contributed by atoms with Crippen LogP contribution in [0, 0.1) is 0 Å². The molecule has 0 atom stereocenters. The highest BCUT2D eigenvalue weighted by Crippen LogP contribution is 2.21. The van der Waals surface area contributed by atoms with Gasteiger partial charge in [-0.1, -0.05) is 61.7 Å². The van der Waals surface area contributed by atoms with E-state index in [1.807, 2.05) is 48.5 Å². The largest absolute Gasteiger partial charge is 0.353 e. The molecular formula is C26H32N4O3. The molecule has 1 heterocycles. The Morgan fingerprint density at radius 2 is 1.52 bits per heavy atom. The Hall–Kier alpha value is -3.19. The van der Waals surface area contributed by atoms with Gasteiger partial charge in [-0.2, -0.15) is 0 Å². The number of nitrogens with zero attached hydrogens (tertiary/aromatic N) is 3. The molecule has 1 amide bonds. The van der Waals surface area contributed by atoms with Crippen molar-refractivity contribution in [3.05, 3.63) is 80.9 Å². The number of likely N-dealkylation sites (N-methyl/N-ethyl adjacent to an activating group) is 1.